The van der Waals surface area contributed by atoms with E-state index < -0.39 is 23.5 Å². The van der Waals surface area contributed by atoms with Gasteiger partial charge in [-0.05, 0) is 42.5 Å². The molecular weight excluding hydrogens is 450 g/mol. The number of nitrogens with two attached hydrogens (primary N) is 1. The highest BCUT2D eigenvalue weighted by Crippen LogP contribution is 2.32. The molecule has 0 aliphatic carbocycles. The van der Waals surface area contributed by atoms with Crippen molar-refractivity contribution in [2.75, 3.05) is 18.8 Å². The number of hydrogen-bond donors (Lipinski definition) is 1. The maximum atomic E-state index is 14.9. The van der Waals surface area contributed by atoms with Crippen molar-refractivity contribution in [3.8, 4) is 0 Å². The molecule has 2 aromatic carbocycles. The molecule has 2 aromatic heterocycles. The first-order valence-electron chi connectivity index (χ1n) is 10.8. The largest absolute Gasteiger partial charge is 0.416 e. The zero-order chi connectivity index (χ0) is 24.2. The number of carbonyl (C=O) groups is 1. The molecule has 1 aliphatic rings. The fourth-order valence-electron chi connectivity index (χ4n) is 4.66. The van der Waals surface area contributed by atoms with Gasteiger partial charge in [-0.2, -0.15) is 18.3 Å². The maximum absolute atomic E-state index is 14.9. The number of hydrogen-bond acceptors (Lipinski definition) is 4. The van der Waals surface area contributed by atoms with Crippen molar-refractivity contribution in [3.63, 3.8) is 0 Å². The molecule has 1 amide bonds. The quantitative estimate of drug-likeness (QED) is 0.444. The average Bonchev–Trinajstić information content (AvgIpc) is 3.40. The van der Waals surface area contributed by atoms with Gasteiger partial charge >= 0.3 is 6.18 Å². The van der Waals surface area contributed by atoms with Gasteiger partial charge in [-0.15, -0.1) is 0 Å². The van der Waals surface area contributed by atoms with Gasteiger partial charge in [0, 0.05) is 31.6 Å². The maximum Gasteiger partial charge on any atom is 0.416 e. The van der Waals surface area contributed by atoms with Gasteiger partial charge < -0.3 is 10.6 Å². The number of nitrogen functional groups attached to an aromatic ring is 1. The summed E-state index contributed by atoms with van der Waals surface area (Å²) in [5, 5.41) is 5.40. The molecule has 0 radical (unpaired) electrons. The van der Waals surface area contributed by atoms with Crippen LogP contribution >= 0.6 is 0 Å². The Labute approximate surface area is 192 Å². The smallest absolute Gasteiger partial charge is 0.383 e. The minimum Gasteiger partial charge on any atom is -0.383 e. The average molecular weight is 471 g/mol. The number of anilines is 1. The van der Waals surface area contributed by atoms with Crippen LogP contribution in [0.3, 0.4) is 0 Å². The number of halogens is 4. The highest BCUT2D eigenvalue weighted by atomic mass is 19.4. The monoisotopic (exact) mass is 471 g/mol. The van der Waals surface area contributed by atoms with E-state index in [-0.39, 0.29) is 17.3 Å². The number of carbonyl (C=O) groups excluding carboxylic acids is 1. The van der Waals surface area contributed by atoms with Crippen LogP contribution in [-0.4, -0.2) is 38.7 Å². The Balaban J connectivity index is 1.37. The van der Waals surface area contributed by atoms with Crippen LogP contribution in [0.1, 0.15) is 27.9 Å². The van der Waals surface area contributed by atoms with Crippen molar-refractivity contribution in [1.82, 2.24) is 19.7 Å². The van der Waals surface area contributed by atoms with Gasteiger partial charge in [-0.25, -0.2) is 9.37 Å². The van der Waals surface area contributed by atoms with Gasteiger partial charge in [-0.3, -0.25) is 9.48 Å². The summed E-state index contributed by atoms with van der Waals surface area (Å²) in [7, 11) is 1.73. The molecule has 1 atom stereocenters. The minimum absolute atomic E-state index is 0.0586. The van der Waals surface area contributed by atoms with Crippen LogP contribution in [0.5, 0.6) is 0 Å². The van der Waals surface area contributed by atoms with Gasteiger partial charge in [0.1, 0.15) is 11.6 Å². The standard InChI is InChI=1S/C24H21F4N5O/c1-32-21-17-9-16(19(25)10-20(17)31-22(29)18(21)11-30-32)23(34)33-7-6-14(12-33)8-13-2-4-15(5-3-13)24(26,27)28/h2-5,9-11,14H,6-8,12H2,1H3,(H2,29,31)/t14-/m0/s1. The molecule has 34 heavy (non-hydrogen) atoms. The lowest BCUT2D eigenvalue weighted by atomic mass is 9.98. The van der Waals surface area contributed by atoms with Gasteiger partial charge in [-0.1, -0.05) is 12.1 Å². The molecule has 5 rings (SSSR count). The summed E-state index contributed by atoms with van der Waals surface area (Å²) < 4.78 is 54.9. The van der Waals surface area contributed by atoms with E-state index in [1.165, 1.54) is 24.3 Å². The van der Waals surface area contributed by atoms with Crippen LogP contribution in [0.4, 0.5) is 23.4 Å². The first kappa shape index (κ1) is 22.1. The Morgan fingerprint density at radius 1 is 1.18 bits per heavy atom. The van der Waals surface area contributed by atoms with Crippen LogP contribution in [0.25, 0.3) is 21.8 Å². The predicted octanol–water partition coefficient (Wildman–Crippen LogP) is 4.57. The summed E-state index contributed by atoms with van der Waals surface area (Å²) >= 11 is 0. The molecule has 1 aliphatic heterocycles. The molecule has 6 nitrogen and oxygen atoms in total. The Morgan fingerprint density at radius 2 is 1.91 bits per heavy atom. The van der Waals surface area contributed by atoms with Crippen molar-refractivity contribution in [2.24, 2.45) is 13.0 Å². The van der Waals surface area contributed by atoms with Gasteiger partial charge in [0.15, 0.2) is 0 Å². The number of likely N-dealkylation sites (tertiary alicyclic amines) is 1. The minimum atomic E-state index is -4.37. The summed E-state index contributed by atoms with van der Waals surface area (Å²) in [5.74, 6) is -0.798. The molecule has 176 valence electrons. The second-order valence-electron chi connectivity index (χ2n) is 8.68. The van der Waals surface area contributed by atoms with Crippen LogP contribution in [0, 0.1) is 11.7 Å². The van der Waals surface area contributed by atoms with E-state index in [0.717, 1.165) is 17.7 Å². The molecule has 1 fully saturated rings. The van der Waals surface area contributed by atoms with E-state index in [0.29, 0.717) is 47.7 Å². The molecule has 2 N–H and O–H groups in total. The number of aryl methyl sites for hydroxylation is 1. The van der Waals surface area contributed by atoms with Crippen molar-refractivity contribution >= 4 is 33.5 Å². The van der Waals surface area contributed by atoms with E-state index >= 15 is 0 Å². The van der Waals surface area contributed by atoms with Crippen molar-refractivity contribution in [3.05, 3.63) is 65.1 Å². The van der Waals surface area contributed by atoms with E-state index in [1.807, 2.05) is 0 Å². The molecule has 10 heteroatoms. The Kier molecular flexibility index (Phi) is 5.18. The third-order valence-electron chi connectivity index (χ3n) is 6.41. The SMILES string of the molecule is Cn1ncc2c(N)nc3cc(F)c(C(=O)N4CC[C@@H](Cc5ccc(C(F)(F)F)cc5)C4)cc3c21. The van der Waals surface area contributed by atoms with Gasteiger partial charge in [0.2, 0.25) is 0 Å². The van der Waals surface area contributed by atoms with E-state index in [4.69, 9.17) is 5.73 Å². The second kappa shape index (κ2) is 7.96. The van der Waals surface area contributed by atoms with Crippen LogP contribution in [0.2, 0.25) is 0 Å². The first-order valence-corrected chi connectivity index (χ1v) is 10.8. The molecule has 0 spiro atoms. The van der Waals surface area contributed by atoms with E-state index in [2.05, 4.69) is 10.1 Å². The lowest BCUT2D eigenvalue weighted by molar-refractivity contribution is -0.137. The summed E-state index contributed by atoms with van der Waals surface area (Å²) in [5.41, 5.74) is 7.00. The normalized spacial score (nSPS) is 16.6. The Morgan fingerprint density at radius 3 is 2.62 bits per heavy atom. The molecule has 0 bridgehead atoms. The highest BCUT2D eigenvalue weighted by molar-refractivity contribution is 6.10. The molecular formula is C24H21F4N5O. The fourth-order valence-corrected chi connectivity index (χ4v) is 4.66. The molecule has 0 unspecified atom stereocenters. The zero-order valence-corrected chi connectivity index (χ0v) is 18.2. The second-order valence-corrected chi connectivity index (χ2v) is 8.68. The van der Waals surface area contributed by atoms with Crippen LogP contribution in [0.15, 0.2) is 42.6 Å². The number of benzene rings is 2. The molecule has 1 saturated heterocycles. The molecule has 4 aromatic rings. The van der Waals surface area contributed by atoms with Crippen molar-refractivity contribution < 1.29 is 22.4 Å². The predicted molar refractivity (Wildman–Crippen MR) is 120 cm³/mol. The zero-order valence-electron chi connectivity index (χ0n) is 18.2. The van der Waals surface area contributed by atoms with Crippen LogP contribution in [-0.2, 0) is 19.6 Å². The van der Waals surface area contributed by atoms with Crippen molar-refractivity contribution in [1.29, 1.82) is 0 Å². The fraction of sp³-hybridized carbons (Fsp3) is 0.292. The summed E-state index contributed by atoms with van der Waals surface area (Å²) in [6, 6.07) is 7.77. The van der Waals surface area contributed by atoms with E-state index in [9.17, 15) is 22.4 Å². The lowest BCUT2D eigenvalue weighted by Crippen LogP contribution is -2.29. The molecule has 3 heterocycles. The van der Waals surface area contributed by atoms with Crippen molar-refractivity contribution in [2.45, 2.75) is 19.0 Å². The summed E-state index contributed by atoms with van der Waals surface area (Å²) in [4.78, 5) is 19.0. The number of fused-ring (bicyclic) bond motifs is 3. The summed E-state index contributed by atoms with van der Waals surface area (Å²) in [6.45, 7) is 0.848. The summed E-state index contributed by atoms with van der Waals surface area (Å²) in [6.07, 6.45) is -1.57. The third-order valence-corrected chi connectivity index (χ3v) is 6.41. The topological polar surface area (TPSA) is 77.0 Å². The van der Waals surface area contributed by atoms with Gasteiger partial charge in [0.05, 0.1) is 33.7 Å². The number of rotatable bonds is 3. The van der Waals surface area contributed by atoms with E-state index in [1.54, 1.807) is 22.8 Å². The third kappa shape index (κ3) is 3.82. The number of amides is 1. The Hall–Kier alpha value is -3.69. The Bertz CT molecular complexity index is 1410. The number of nitrogens with zero attached hydrogens (tertiary/aromatic N) is 4. The number of aromatic nitrogens is 3. The number of alkyl halides is 3. The lowest BCUT2D eigenvalue weighted by Gasteiger charge is -2.18. The van der Waals surface area contributed by atoms with Crippen LogP contribution < -0.4 is 5.73 Å². The van der Waals surface area contributed by atoms with Gasteiger partial charge in [0.25, 0.3) is 5.91 Å². The molecule has 0 saturated carbocycles. The number of pyridine rings is 1. The highest BCUT2D eigenvalue weighted by Gasteiger charge is 2.31. The first-order chi connectivity index (χ1) is 16.1.